The van der Waals surface area contributed by atoms with Gasteiger partial charge >= 0.3 is 0 Å². The quantitative estimate of drug-likeness (QED) is 0.159. The molecule has 0 bridgehead atoms. The number of hydrazine groups is 1. The third kappa shape index (κ3) is 9.08. The van der Waals surface area contributed by atoms with Crippen LogP contribution in [0.15, 0.2) is 77.0 Å². The number of ether oxygens (including phenoxy) is 1. The van der Waals surface area contributed by atoms with Crippen LogP contribution in [-0.4, -0.2) is 48.2 Å². The monoisotopic (exact) mass is 531 g/mol. The van der Waals surface area contributed by atoms with Gasteiger partial charge in [-0.25, -0.2) is 10.8 Å². The van der Waals surface area contributed by atoms with Crippen molar-refractivity contribution in [3.8, 4) is 0 Å². The molecule has 1 aliphatic rings. The van der Waals surface area contributed by atoms with Crippen molar-refractivity contribution in [2.75, 3.05) is 19.8 Å². The molecule has 0 aromatic heterocycles. The van der Waals surface area contributed by atoms with Crippen LogP contribution in [-0.2, 0) is 16.0 Å². The first-order valence-corrected chi connectivity index (χ1v) is 13.3. The standard InChI is InChI=1S/C30H41N7O2/c1-21(2)20-37(25-13-16-39-17-14-25)15-12-24(34-29(38)18-23-10-8-22(3)9-11-23)19-28(31)26-6-4-5-7-27(26)30(35-32)36-33/h4-12,15,19,21,25H,13-14,16-18,20,31-33H2,1-3H3,(H,35,36)/b15-12+,28-19-,34-24?. The number of aliphatic imine (C=N–C) groups is 1. The summed E-state index contributed by atoms with van der Waals surface area (Å²) in [5, 5.41) is 3.72. The Morgan fingerprint density at radius 3 is 2.41 bits per heavy atom. The molecule has 0 saturated carbocycles. The molecule has 0 radical (unpaired) electrons. The molecule has 2 aromatic rings. The number of amidine groups is 1. The second-order valence-electron chi connectivity index (χ2n) is 10.1. The lowest BCUT2D eigenvalue weighted by Crippen LogP contribution is -2.38. The second-order valence-corrected chi connectivity index (χ2v) is 10.1. The summed E-state index contributed by atoms with van der Waals surface area (Å²) in [6.07, 6.45) is 7.68. The number of hydrogen-bond donors (Lipinski definition) is 4. The van der Waals surface area contributed by atoms with Crippen LogP contribution in [0.3, 0.4) is 0 Å². The number of carbonyl (C=O) groups is 1. The number of hydrogen-bond acceptors (Lipinski definition) is 7. The molecular formula is C30H41N7O2. The first kappa shape index (κ1) is 29.6. The summed E-state index contributed by atoms with van der Waals surface area (Å²) in [6, 6.07) is 15.6. The maximum atomic E-state index is 13.0. The Morgan fingerprint density at radius 1 is 1.13 bits per heavy atom. The largest absolute Gasteiger partial charge is 0.398 e. The molecule has 208 valence electrons. The van der Waals surface area contributed by atoms with Gasteiger partial charge in [0.05, 0.1) is 12.1 Å². The van der Waals surface area contributed by atoms with E-state index >= 15 is 0 Å². The summed E-state index contributed by atoms with van der Waals surface area (Å²) in [6.45, 7) is 8.76. The third-order valence-corrected chi connectivity index (χ3v) is 6.46. The third-order valence-electron chi connectivity index (χ3n) is 6.46. The van der Waals surface area contributed by atoms with Crippen LogP contribution in [0.1, 0.15) is 48.9 Å². The number of hydrazone groups is 1. The lowest BCUT2D eigenvalue weighted by atomic mass is 10.0. The van der Waals surface area contributed by atoms with Gasteiger partial charge in [0.25, 0.3) is 5.91 Å². The SMILES string of the molecule is Cc1ccc(CC(=O)N=C(/C=C(\N)c2ccccc2/C(=N/N)NN)/C=C/N(CC(C)C)C2CCOCC2)cc1. The van der Waals surface area contributed by atoms with Gasteiger partial charge < -0.3 is 26.6 Å². The summed E-state index contributed by atoms with van der Waals surface area (Å²) >= 11 is 0. The predicted molar refractivity (Wildman–Crippen MR) is 159 cm³/mol. The van der Waals surface area contributed by atoms with E-state index in [4.69, 9.17) is 22.2 Å². The van der Waals surface area contributed by atoms with Gasteiger partial charge in [-0.05, 0) is 43.4 Å². The summed E-state index contributed by atoms with van der Waals surface area (Å²) in [4.78, 5) is 19.8. The molecule has 39 heavy (non-hydrogen) atoms. The van der Waals surface area contributed by atoms with E-state index in [2.05, 4.69) is 34.3 Å². The van der Waals surface area contributed by atoms with Crippen LogP contribution in [0.2, 0.25) is 0 Å². The lowest BCUT2D eigenvalue weighted by molar-refractivity contribution is -0.117. The molecule has 0 aliphatic carbocycles. The van der Waals surface area contributed by atoms with Crippen molar-refractivity contribution in [1.29, 1.82) is 0 Å². The Balaban J connectivity index is 1.98. The van der Waals surface area contributed by atoms with Gasteiger partial charge in [-0.1, -0.05) is 67.9 Å². The molecule has 0 unspecified atom stereocenters. The number of nitrogens with two attached hydrogens (primary N) is 3. The minimum Gasteiger partial charge on any atom is -0.398 e. The summed E-state index contributed by atoms with van der Waals surface area (Å²) < 4.78 is 5.57. The van der Waals surface area contributed by atoms with Crippen molar-refractivity contribution in [3.05, 3.63) is 89.1 Å². The Bertz CT molecular complexity index is 1210. The Labute approximate surface area is 231 Å². The fraction of sp³-hybridized carbons (Fsp3) is 0.367. The van der Waals surface area contributed by atoms with Gasteiger partial charge in [0, 0.05) is 48.8 Å². The zero-order chi connectivity index (χ0) is 28.2. The molecule has 0 spiro atoms. The fourth-order valence-electron chi connectivity index (χ4n) is 4.49. The first-order valence-electron chi connectivity index (χ1n) is 13.3. The molecule has 9 nitrogen and oxygen atoms in total. The number of allylic oxidation sites excluding steroid dienone is 2. The van der Waals surface area contributed by atoms with Gasteiger partial charge in [-0.2, -0.15) is 5.10 Å². The molecule has 1 saturated heterocycles. The molecule has 0 atom stereocenters. The van der Waals surface area contributed by atoms with Gasteiger partial charge in [0.15, 0.2) is 5.84 Å². The van der Waals surface area contributed by atoms with Crippen LogP contribution >= 0.6 is 0 Å². The number of carbonyl (C=O) groups excluding carboxylic acids is 1. The highest BCUT2D eigenvalue weighted by molar-refractivity contribution is 6.13. The van der Waals surface area contributed by atoms with Gasteiger partial charge in [-0.15, -0.1) is 0 Å². The maximum Gasteiger partial charge on any atom is 0.250 e. The van der Waals surface area contributed by atoms with Gasteiger partial charge in [0.2, 0.25) is 0 Å². The Hall–Kier alpha value is -3.95. The molecule has 7 N–H and O–H groups in total. The second kappa shape index (κ2) is 14.8. The number of nitrogens with one attached hydrogen (secondary N) is 1. The smallest absolute Gasteiger partial charge is 0.250 e. The highest BCUT2D eigenvalue weighted by Gasteiger charge is 2.20. The van der Waals surface area contributed by atoms with Crippen LogP contribution in [0.25, 0.3) is 5.70 Å². The number of rotatable bonds is 10. The summed E-state index contributed by atoms with van der Waals surface area (Å²) in [5.41, 5.74) is 13.2. The molecule has 3 rings (SSSR count). The molecule has 1 aliphatic heterocycles. The summed E-state index contributed by atoms with van der Waals surface area (Å²) in [5.74, 6) is 11.6. The van der Waals surface area contributed by atoms with E-state index < -0.39 is 0 Å². The topological polar surface area (TPSA) is 144 Å². The van der Waals surface area contributed by atoms with E-state index in [1.54, 1.807) is 6.08 Å². The molecule has 1 amide bonds. The average molecular weight is 532 g/mol. The van der Waals surface area contributed by atoms with Crippen LogP contribution in [0.4, 0.5) is 0 Å². The van der Waals surface area contributed by atoms with Gasteiger partial charge in [-0.3, -0.25) is 4.79 Å². The van der Waals surface area contributed by atoms with E-state index in [0.717, 1.165) is 43.7 Å². The number of aryl methyl sites for hydroxylation is 1. The molecular weight excluding hydrogens is 490 g/mol. The first-order chi connectivity index (χ1) is 18.8. The van der Waals surface area contributed by atoms with Crippen LogP contribution in [0.5, 0.6) is 0 Å². The molecule has 1 fully saturated rings. The van der Waals surface area contributed by atoms with E-state index in [0.29, 0.717) is 34.5 Å². The maximum absolute atomic E-state index is 13.0. The minimum atomic E-state index is -0.259. The van der Waals surface area contributed by atoms with E-state index in [-0.39, 0.29) is 18.2 Å². The lowest BCUT2D eigenvalue weighted by Gasteiger charge is -2.34. The predicted octanol–water partition coefficient (Wildman–Crippen LogP) is 3.24. The molecule has 2 aromatic carbocycles. The number of nitrogens with zero attached hydrogens (tertiary/aromatic N) is 3. The highest BCUT2D eigenvalue weighted by Crippen LogP contribution is 2.19. The highest BCUT2D eigenvalue weighted by atomic mass is 16.5. The number of benzene rings is 2. The molecule has 1 heterocycles. The van der Waals surface area contributed by atoms with E-state index in [1.807, 2.05) is 67.7 Å². The van der Waals surface area contributed by atoms with E-state index in [1.165, 1.54) is 0 Å². The zero-order valence-electron chi connectivity index (χ0n) is 23.1. The van der Waals surface area contributed by atoms with Crippen LogP contribution < -0.4 is 22.8 Å². The van der Waals surface area contributed by atoms with E-state index in [9.17, 15) is 4.79 Å². The normalized spacial score (nSPS) is 15.7. The Kier molecular flexibility index (Phi) is 11.3. The van der Waals surface area contributed by atoms with Crippen molar-refractivity contribution >= 4 is 23.2 Å². The van der Waals surface area contributed by atoms with Crippen molar-refractivity contribution in [2.45, 2.75) is 46.1 Å². The van der Waals surface area contributed by atoms with Crippen molar-refractivity contribution in [1.82, 2.24) is 10.3 Å². The molecule has 9 heteroatoms. The fourth-order valence-corrected chi connectivity index (χ4v) is 4.49. The van der Waals surface area contributed by atoms with Gasteiger partial charge in [0.1, 0.15) is 0 Å². The van der Waals surface area contributed by atoms with Crippen LogP contribution in [0, 0.1) is 12.8 Å². The van der Waals surface area contributed by atoms with Crippen molar-refractivity contribution in [3.63, 3.8) is 0 Å². The Morgan fingerprint density at radius 2 is 1.79 bits per heavy atom. The minimum absolute atomic E-state index is 0.193. The summed E-state index contributed by atoms with van der Waals surface area (Å²) in [7, 11) is 0. The average Bonchev–Trinajstić information content (AvgIpc) is 2.93. The zero-order valence-corrected chi connectivity index (χ0v) is 23.1. The van der Waals surface area contributed by atoms with Crippen molar-refractivity contribution in [2.24, 2.45) is 33.4 Å². The van der Waals surface area contributed by atoms with Crippen molar-refractivity contribution < 1.29 is 9.53 Å². The number of amides is 1.